The summed E-state index contributed by atoms with van der Waals surface area (Å²) in [6.07, 6.45) is 1.92. The third kappa shape index (κ3) is 3.73. The molecule has 1 amide bonds. The maximum Gasteiger partial charge on any atom is 0.256 e. The van der Waals surface area contributed by atoms with Gasteiger partial charge in [0.15, 0.2) is 11.5 Å². The number of hydrogen-bond donors (Lipinski definition) is 2. The molecular weight excluding hydrogens is 431 g/mol. The molecule has 2 aromatic rings. The quantitative estimate of drug-likeness (QED) is 0.531. The van der Waals surface area contributed by atoms with E-state index in [2.05, 4.69) is 33.2 Å². The van der Waals surface area contributed by atoms with Crippen LogP contribution in [-0.4, -0.2) is 26.2 Å². The van der Waals surface area contributed by atoms with Crippen molar-refractivity contribution >= 4 is 45.4 Å². The number of amides is 1. The van der Waals surface area contributed by atoms with Gasteiger partial charge in [-0.1, -0.05) is 0 Å². The molecule has 0 fully saturated rings. The summed E-state index contributed by atoms with van der Waals surface area (Å²) in [6.45, 7) is 2.01. The standard InChI is InChI=1S/C19H19IN2O3/c1-11(21-13-6-4-12(20)5-7-13)8-15-14-9-17(24-2)18(25-3)10-16(14)22-19(15)23/h4-11,21H,1-3H3,(H,22,23). The van der Waals surface area contributed by atoms with Crippen LogP contribution in [0.4, 0.5) is 11.4 Å². The summed E-state index contributed by atoms with van der Waals surface area (Å²) >= 11 is 2.27. The van der Waals surface area contributed by atoms with Crippen LogP contribution in [0.25, 0.3) is 5.57 Å². The lowest BCUT2D eigenvalue weighted by molar-refractivity contribution is -0.110. The molecule has 5 nitrogen and oxygen atoms in total. The van der Waals surface area contributed by atoms with Crippen LogP contribution < -0.4 is 20.1 Å². The normalized spacial score (nSPS) is 15.5. The molecule has 1 heterocycles. The van der Waals surface area contributed by atoms with Crippen LogP contribution in [0, 0.1) is 3.57 Å². The van der Waals surface area contributed by atoms with Gasteiger partial charge in [-0.3, -0.25) is 4.79 Å². The number of halogens is 1. The highest BCUT2D eigenvalue weighted by Gasteiger charge is 2.27. The van der Waals surface area contributed by atoms with E-state index in [0.29, 0.717) is 17.1 Å². The third-order valence-corrected chi connectivity index (χ3v) is 4.68. The summed E-state index contributed by atoms with van der Waals surface area (Å²) in [4.78, 5) is 12.4. The predicted octanol–water partition coefficient (Wildman–Crippen LogP) is 4.14. The first kappa shape index (κ1) is 17.6. The van der Waals surface area contributed by atoms with Gasteiger partial charge in [-0.15, -0.1) is 0 Å². The highest BCUT2D eigenvalue weighted by molar-refractivity contribution is 14.1. The van der Waals surface area contributed by atoms with Crippen LogP contribution in [0.3, 0.4) is 0 Å². The molecule has 0 radical (unpaired) electrons. The van der Waals surface area contributed by atoms with Gasteiger partial charge >= 0.3 is 0 Å². The van der Waals surface area contributed by atoms with Crippen molar-refractivity contribution in [3.05, 3.63) is 51.6 Å². The van der Waals surface area contributed by atoms with E-state index in [9.17, 15) is 4.79 Å². The molecule has 0 bridgehead atoms. The number of hydrogen-bond acceptors (Lipinski definition) is 4. The number of nitrogens with one attached hydrogen (secondary N) is 2. The fourth-order valence-corrected chi connectivity index (χ4v) is 3.14. The number of rotatable bonds is 5. The second-order valence-corrected chi connectivity index (χ2v) is 6.97. The van der Waals surface area contributed by atoms with E-state index in [1.807, 2.05) is 43.3 Å². The minimum atomic E-state index is -0.124. The molecule has 6 heteroatoms. The molecule has 2 N–H and O–H groups in total. The summed E-state index contributed by atoms with van der Waals surface area (Å²) in [7, 11) is 3.16. The molecule has 1 aliphatic heterocycles. The number of methoxy groups -OCH3 is 2. The Bertz CT molecular complexity index is 831. The van der Waals surface area contributed by atoms with Crippen molar-refractivity contribution in [2.45, 2.75) is 13.0 Å². The van der Waals surface area contributed by atoms with Gasteiger partial charge in [0.2, 0.25) is 0 Å². The molecule has 3 rings (SSSR count). The lowest BCUT2D eigenvalue weighted by atomic mass is 10.0. The number of fused-ring (bicyclic) bond motifs is 1. The SMILES string of the molecule is COc1cc2c(cc1OC)C(=CC(C)Nc1ccc(I)cc1)C(=O)N2. The molecule has 0 aliphatic carbocycles. The lowest BCUT2D eigenvalue weighted by Gasteiger charge is -2.13. The van der Waals surface area contributed by atoms with E-state index in [1.54, 1.807) is 20.3 Å². The van der Waals surface area contributed by atoms with Crippen LogP contribution in [0.1, 0.15) is 12.5 Å². The van der Waals surface area contributed by atoms with Crippen molar-refractivity contribution in [1.29, 1.82) is 0 Å². The van der Waals surface area contributed by atoms with Crippen molar-refractivity contribution < 1.29 is 14.3 Å². The smallest absolute Gasteiger partial charge is 0.256 e. The van der Waals surface area contributed by atoms with Crippen LogP contribution >= 0.6 is 22.6 Å². The third-order valence-electron chi connectivity index (χ3n) is 3.96. The van der Waals surface area contributed by atoms with Gasteiger partial charge < -0.3 is 20.1 Å². The molecule has 2 aromatic carbocycles. The van der Waals surface area contributed by atoms with E-state index in [-0.39, 0.29) is 11.9 Å². The van der Waals surface area contributed by atoms with Gasteiger partial charge in [0.1, 0.15) is 0 Å². The van der Waals surface area contributed by atoms with Crippen LogP contribution in [0.5, 0.6) is 11.5 Å². The molecule has 1 unspecified atom stereocenters. The number of ether oxygens (including phenoxy) is 2. The molecule has 130 valence electrons. The van der Waals surface area contributed by atoms with Crippen molar-refractivity contribution in [3.63, 3.8) is 0 Å². The van der Waals surface area contributed by atoms with Crippen LogP contribution in [0.15, 0.2) is 42.5 Å². The molecule has 0 saturated carbocycles. The number of anilines is 2. The second kappa shape index (κ2) is 7.35. The Morgan fingerprint density at radius 1 is 1.12 bits per heavy atom. The Hall–Kier alpha value is -2.22. The monoisotopic (exact) mass is 450 g/mol. The zero-order valence-corrected chi connectivity index (χ0v) is 16.4. The maximum atomic E-state index is 12.4. The van der Waals surface area contributed by atoms with E-state index < -0.39 is 0 Å². The molecule has 1 atom stereocenters. The minimum absolute atomic E-state index is 0.0140. The molecule has 0 spiro atoms. The van der Waals surface area contributed by atoms with Crippen molar-refractivity contribution in [1.82, 2.24) is 0 Å². The Kier molecular flexibility index (Phi) is 5.17. The predicted molar refractivity (Wildman–Crippen MR) is 108 cm³/mol. The fraction of sp³-hybridized carbons (Fsp3) is 0.211. The number of benzene rings is 2. The van der Waals surface area contributed by atoms with Gasteiger partial charge in [-0.05, 0) is 65.9 Å². The maximum absolute atomic E-state index is 12.4. The molecule has 1 aliphatic rings. The number of carbonyl (C=O) groups excluding carboxylic acids is 1. The highest BCUT2D eigenvalue weighted by Crippen LogP contribution is 2.40. The minimum Gasteiger partial charge on any atom is -0.493 e. The summed E-state index contributed by atoms with van der Waals surface area (Å²) < 4.78 is 11.8. The highest BCUT2D eigenvalue weighted by atomic mass is 127. The summed E-state index contributed by atoms with van der Waals surface area (Å²) in [5, 5.41) is 6.26. The van der Waals surface area contributed by atoms with Gasteiger partial charge in [-0.2, -0.15) is 0 Å². The second-order valence-electron chi connectivity index (χ2n) is 5.73. The lowest BCUT2D eigenvalue weighted by Crippen LogP contribution is -2.14. The van der Waals surface area contributed by atoms with E-state index in [0.717, 1.165) is 16.9 Å². The largest absolute Gasteiger partial charge is 0.493 e. The first-order valence-corrected chi connectivity index (χ1v) is 8.91. The van der Waals surface area contributed by atoms with Crippen molar-refractivity contribution in [2.24, 2.45) is 0 Å². The van der Waals surface area contributed by atoms with Gasteiger partial charge in [0, 0.05) is 32.5 Å². The number of carbonyl (C=O) groups is 1. The molecular formula is C19H19IN2O3. The fourth-order valence-electron chi connectivity index (χ4n) is 2.78. The summed E-state index contributed by atoms with van der Waals surface area (Å²) in [6, 6.07) is 11.7. The summed E-state index contributed by atoms with van der Waals surface area (Å²) in [5.41, 5.74) is 3.19. The zero-order valence-electron chi connectivity index (χ0n) is 14.2. The van der Waals surface area contributed by atoms with E-state index in [4.69, 9.17) is 9.47 Å². The molecule has 0 aromatic heterocycles. The Labute approximate surface area is 160 Å². The molecule has 0 saturated heterocycles. The van der Waals surface area contributed by atoms with Gasteiger partial charge in [0.25, 0.3) is 5.91 Å². The van der Waals surface area contributed by atoms with Gasteiger partial charge in [0.05, 0.1) is 19.9 Å². The average molecular weight is 450 g/mol. The Balaban J connectivity index is 1.88. The molecule has 25 heavy (non-hydrogen) atoms. The van der Waals surface area contributed by atoms with Crippen molar-refractivity contribution in [3.8, 4) is 11.5 Å². The average Bonchev–Trinajstić information content (AvgIpc) is 2.90. The van der Waals surface area contributed by atoms with Crippen molar-refractivity contribution in [2.75, 3.05) is 24.9 Å². The first-order chi connectivity index (χ1) is 12.0. The topological polar surface area (TPSA) is 59.6 Å². The van der Waals surface area contributed by atoms with Crippen LogP contribution in [0.2, 0.25) is 0 Å². The van der Waals surface area contributed by atoms with E-state index >= 15 is 0 Å². The Morgan fingerprint density at radius 3 is 2.40 bits per heavy atom. The zero-order chi connectivity index (χ0) is 18.0. The van der Waals surface area contributed by atoms with Crippen LogP contribution in [-0.2, 0) is 4.79 Å². The Morgan fingerprint density at radius 2 is 1.76 bits per heavy atom. The van der Waals surface area contributed by atoms with E-state index in [1.165, 1.54) is 3.57 Å². The van der Waals surface area contributed by atoms with Gasteiger partial charge in [-0.25, -0.2) is 0 Å². The summed E-state index contributed by atoms with van der Waals surface area (Å²) in [5.74, 6) is 1.07. The first-order valence-electron chi connectivity index (χ1n) is 7.83.